The fourth-order valence-corrected chi connectivity index (χ4v) is 3.76. The van der Waals surface area contributed by atoms with Crippen molar-refractivity contribution in [2.45, 2.75) is 70.5 Å². The Morgan fingerprint density at radius 3 is 2.62 bits per heavy atom. The second kappa shape index (κ2) is 7.36. The van der Waals surface area contributed by atoms with E-state index in [-0.39, 0.29) is 5.54 Å². The molecule has 1 unspecified atom stereocenters. The normalized spacial score (nSPS) is 19.3. The first-order valence-electron chi connectivity index (χ1n) is 8.41. The number of nitrogens with one attached hydrogen (secondary N) is 1. The molecule has 21 heavy (non-hydrogen) atoms. The first kappa shape index (κ1) is 16.4. The second-order valence-corrected chi connectivity index (χ2v) is 6.41. The van der Waals surface area contributed by atoms with E-state index in [2.05, 4.69) is 48.2 Å². The fraction of sp³-hybridized carbons (Fsp3) is 0.875. The molecule has 1 N–H and O–H groups in total. The molecule has 1 fully saturated rings. The van der Waals surface area contributed by atoms with Crippen molar-refractivity contribution in [3.63, 3.8) is 0 Å². The molecule has 0 bridgehead atoms. The quantitative estimate of drug-likeness (QED) is 0.797. The minimum atomic E-state index is 0.264. The lowest BCUT2D eigenvalue weighted by molar-refractivity contribution is 0.103. The Hall–Kier alpha value is -0.940. The van der Waals surface area contributed by atoms with Gasteiger partial charge in [-0.15, -0.1) is 0 Å². The van der Waals surface area contributed by atoms with Crippen LogP contribution in [0.2, 0.25) is 0 Å². The molecular weight excluding hydrogens is 262 g/mol. The number of hydrogen-bond donors (Lipinski definition) is 1. The molecule has 0 amide bonds. The SMILES string of the molecule is CCCNC(Cc1ncnn1CC)C1(N(C)C)CCCC1. The maximum atomic E-state index is 4.49. The molecule has 5 heteroatoms. The molecule has 1 aliphatic carbocycles. The molecule has 0 aromatic carbocycles. The van der Waals surface area contributed by atoms with Crippen LogP contribution in [0, 0.1) is 0 Å². The topological polar surface area (TPSA) is 46.0 Å². The zero-order chi connectivity index (χ0) is 15.3. The molecule has 5 nitrogen and oxygen atoms in total. The molecular formula is C16H31N5. The molecule has 1 aromatic heterocycles. The van der Waals surface area contributed by atoms with Gasteiger partial charge in [-0.25, -0.2) is 4.98 Å². The molecule has 0 radical (unpaired) electrons. The Morgan fingerprint density at radius 1 is 1.33 bits per heavy atom. The Bertz CT molecular complexity index is 420. The van der Waals surface area contributed by atoms with Crippen molar-refractivity contribution in [1.29, 1.82) is 0 Å². The first-order valence-corrected chi connectivity index (χ1v) is 8.41. The van der Waals surface area contributed by atoms with Crippen molar-refractivity contribution in [2.24, 2.45) is 0 Å². The van der Waals surface area contributed by atoms with E-state index in [0.717, 1.165) is 25.3 Å². The van der Waals surface area contributed by atoms with Crippen LogP contribution in [-0.2, 0) is 13.0 Å². The van der Waals surface area contributed by atoms with Crippen LogP contribution in [0.25, 0.3) is 0 Å². The lowest BCUT2D eigenvalue weighted by atomic mass is 9.84. The van der Waals surface area contributed by atoms with E-state index in [4.69, 9.17) is 0 Å². The summed E-state index contributed by atoms with van der Waals surface area (Å²) < 4.78 is 2.03. The van der Waals surface area contributed by atoms with Crippen LogP contribution in [0.5, 0.6) is 0 Å². The summed E-state index contributed by atoms with van der Waals surface area (Å²) in [5.74, 6) is 1.11. The standard InChI is InChI=1S/C16H31N5/c1-5-11-17-14(12-15-18-13-19-21(15)6-2)16(20(3)4)9-7-8-10-16/h13-14,17H,5-12H2,1-4H3. The smallest absolute Gasteiger partial charge is 0.138 e. The van der Waals surface area contributed by atoms with E-state index in [1.807, 2.05) is 4.68 Å². The van der Waals surface area contributed by atoms with Gasteiger partial charge in [0.05, 0.1) is 0 Å². The average Bonchev–Trinajstić information content (AvgIpc) is 3.12. The van der Waals surface area contributed by atoms with Gasteiger partial charge in [0, 0.05) is 24.5 Å². The Balaban J connectivity index is 2.20. The molecule has 1 aromatic rings. The summed E-state index contributed by atoms with van der Waals surface area (Å²) in [6.45, 7) is 6.32. The van der Waals surface area contributed by atoms with Gasteiger partial charge in [-0.1, -0.05) is 19.8 Å². The van der Waals surface area contributed by atoms with Gasteiger partial charge in [-0.2, -0.15) is 5.10 Å². The Morgan fingerprint density at radius 2 is 2.05 bits per heavy atom. The number of hydrogen-bond acceptors (Lipinski definition) is 4. The summed E-state index contributed by atoms with van der Waals surface area (Å²) in [6.07, 6.45) is 9.05. The third-order valence-electron chi connectivity index (χ3n) is 5.03. The van der Waals surface area contributed by atoms with Crippen molar-refractivity contribution in [2.75, 3.05) is 20.6 Å². The van der Waals surface area contributed by atoms with Gasteiger partial charge in [-0.3, -0.25) is 4.68 Å². The molecule has 1 aliphatic rings. The minimum Gasteiger partial charge on any atom is -0.312 e. The van der Waals surface area contributed by atoms with Crippen molar-refractivity contribution >= 4 is 0 Å². The summed E-state index contributed by atoms with van der Waals surface area (Å²) in [4.78, 5) is 6.93. The highest BCUT2D eigenvalue weighted by Crippen LogP contribution is 2.37. The van der Waals surface area contributed by atoms with E-state index in [1.54, 1.807) is 6.33 Å². The molecule has 1 atom stereocenters. The van der Waals surface area contributed by atoms with Crippen molar-refractivity contribution in [1.82, 2.24) is 25.0 Å². The van der Waals surface area contributed by atoms with Crippen molar-refractivity contribution < 1.29 is 0 Å². The van der Waals surface area contributed by atoms with Crippen LogP contribution in [0.3, 0.4) is 0 Å². The van der Waals surface area contributed by atoms with Crippen LogP contribution >= 0.6 is 0 Å². The first-order chi connectivity index (χ1) is 10.1. The third kappa shape index (κ3) is 3.46. The number of nitrogens with zero attached hydrogens (tertiary/aromatic N) is 4. The number of aromatic nitrogens is 3. The molecule has 120 valence electrons. The van der Waals surface area contributed by atoms with Crippen LogP contribution < -0.4 is 5.32 Å². The average molecular weight is 293 g/mol. The highest BCUT2D eigenvalue weighted by atomic mass is 15.3. The molecule has 2 rings (SSSR count). The molecule has 0 aliphatic heterocycles. The van der Waals surface area contributed by atoms with Crippen LogP contribution in [-0.4, -0.2) is 51.9 Å². The second-order valence-electron chi connectivity index (χ2n) is 6.41. The maximum absolute atomic E-state index is 4.49. The monoisotopic (exact) mass is 293 g/mol. The summed E-state index contributed by atoms with van der Waals surface area (Å²) >= 11 is 0. The predicted molar refractivity (Wildman–Crippen MR) is 86.4 cm³/mol. The van der Waals surface area contributed by atoms with Gasteiger partial charge in [0.15, 0.2) is 0 Å². The number of aryl methyl sites for hydroxylation is 1. The van der Waals surface area contributed by atoms with E-state index in [1.165, 1.54) is 32.1 Å². The van der Waals surface area contributed by atoms with Crippen molar-refractivity contribution in [3.8, 4) is 0 Å². The Kier molecular flexibility index (Phi) is 5.76. The van der Waals surface area contributed by atoms with Gasteiger partial charge in [0.25, 0.3) is 0 Å². The van der Waals surface area contributed by atoms with Crippen LogP contribution in [0.1, 0.15) is 51.8 Å². The van der Waals surface area contributed by atoms with E-state index >= 15 is 0 Å². The van der Waals surface area contributed by atoms with Crippen LogP contribution in [0.15, 0.2) is 6.33 Å². The number of likely N-dealkylation sites (N-methyl/N-ethyl adjacent to an activating group) is 1. The summed E-state index contributed by atoms with van der Waals surface area (Å²) in [5, 5.41) is 8.13. The zero-order valence-corrected chi connectivity index (χ0v) is 14.1. The highest BCUT2D eigenvalue weighted by molar-refractivity contribution is 5.06. The molecule has 0 saturated heterocycles. The zero-order valence-electron chi connectivity index (χ0n) is 14.1. The summed E-state index contributed by atoms with van der Waals surface area (Å²) in [7, 11) is 4.47. The van der Waals surface area contributed by atoms with Gasteiger partial charge in [-0.05, 0) is 46.8 Å². The summed E-state index contributed by atoms with van der Waals surface area (Å²) in [6, 6.07) is 0.449. The maximum Gasteiger partial charge on any atom is 0.138 e. The molecule has 1 heterocycles. The minimum absolute atomic E-state index is 0.264. The van der Waals surface area contributed by atoms with Gasteiger partial charge < -0.3 is 10.2 Å². The van der Waals surface area contributed by atoms with Gasteiger partial charge in [0.2, 0.25) is 0 Å². The molecule has 1 saturated carbocycles. The predicted octanol–water partition coefficient (Wildman–Crippen LogP) is 2.08. The highest BCUT2D eigenvalue weighted by Gasteiger charge is 2.43. The fourth-order valence-electron chi connectivity index (χ4n) is 3.76. The number of rotatable bonds is 8. The van der Waals surface area contributed by atoms with E-state index < -0.39 is 0 Å². The van der Waals surface area contributed by atoms with Crippen molar-refractivity contribution in [3.05, 3.63) is 12.2 Å². The lowest BCUT2D eigenvalue weighted by Gasteiger charge is -2.43. The van der Waals surface area contributed by atoms with E-state index in [0.29, 0.717) is 6.04 Å². The van der Waals surface area contributed by atoms with Gasteiger partial charge >= 0.3 is 0 Å². The van der Waals surface area contributed by atoms with E-state index in [9.17, 15) is 0 Å². The largest absolute Gasteiger partial charge is 0.312 e. The molecule has 0 spiro atoms. The Labute approximate surface area is 129 Å². The van der Waals surface area contributed by atoms with Crippen LogP contribution in [0.4, 0.5) is 0 Å². The third-order valence-corrected chi connectivity index (χ3v) is 5.03. The lowest BCUT2D eigenvalue weighted by Crippen LogP contribution is -2.58. The van der Waals surface area contributed by atoms with Gasteiger partial charge in [0.1, 0.15) is 12.2 Å². The summed E-state index contributed by atoms with van der Waals surface area (Å²) in [5.41, 5.74) is 0.264.